The van der Waals surface area contributed by atoms with Crippen LogP contribution in [-0.2, 0) is 10.0 Å². The molecule has 21 heavy (non-hydrogen) atoms. The van der Waals surface area contributed by atoms with Crippen LogP contribution in [0.25, 0.3) is 0 Å². The van der Waals surface area contributed by atoms with Gasteiger partial charge >= 0.3 is 0 Å². The third-order valence-corrected chi connectivity index (χ3v) is 7.11. The van der Waals surface area contributed by atoms with Gasteiger partial charge in [-0.05, 0) is 66.5 Å². The summed E-state index contributed by atoms with van der Waals surface area (Å²) >= 11 is 6.75. The van der Waals surface area contributed by atoms with Crippen molar-refractivity contribution in [3.63, 3.8) is 0 Å². The summed E-state index contributed by atoms with van der Waals surface area (Å²) in [5.41, 5.74) is 0.996. The fraction of sp³-hybridized carbons (Fsp3) is 0.571. The fourth-order valence-electron chi connectivity index (χ4n) is 2.56. The van der Waals surface area contributed by atoms with Gasteiger partial charge in [0.25, 0.3) is 0 Å². The van der Waals surface area contributed by atoms with Gasteiger partial charge in [-0.25, -0.2) is 13.1 Å². The molecule has 0 saturated carbocycles. The Bertz CT molecular complexity index is 620. The second-order valence-corrected chi connectivity index (χ2v) is 8.78. The number of likely N-dealkylation sites (tertiary alicyclic amines) is 1. The Morgan fingerprint density at radius 1 is 1.33 bits per heavy atom. The molecule has 1 aromatic carbocycles. The van der Waals surface area contributed by atoms with Gasteiger partial charge in [0.2, 0.25) is 10.0 Å². The lowest BCUT2D eigenvalue weighted by molar-refractivity contribution is 0.211. The zero-order valence-electron chi connectivity index (χ0n) is 12.2. The number of nitrogens with one attached hydrogen (secondary N) is 1. The van der Waals surface area contributed by atoms with Crippen molar-refractivity contribution in [2.75, 3.05) is 19.6 Å². The lowest BCUT2D eigenvalue weighted by atomic mass is 10.1. The van der Waals surface area contributed by atoms with E-state index in [9.17, 15) is 8.42 Å². The third-order valence-electron chi connectivity index (χ3n) is 3.78. The molecule has 1 heterocycles. The maximum atomic E-state index is 12.6. The van der Waals surface area contributed by atoms with Crippen molar-refractivity contribution >= 4 is 41.9 Å². The van der Waals surface area contributed by atoms with Gasteiger partial charge in [0.05, 0.1) is 4.90 Å². The number of sulfonamides is 1. The second-order valence-electron chi connectivity index (χ2n) is 5.39. The van der Waals surface area contributed by atoms with Gasteiger partial charge in [0.1, 0.15) is 0 Å². The van der Waals surface area contributed by atoms with E-state index >= 15 is 0 Å². The van der Waals surface area contributed by atoms with E-state index in [4.69, 9.17) is 0 Å². The Balaban J connectivity index is 2.20. The number of benzene rings is 1. The van der Waals surface area contributed by atoms with Crippen LogP contribution in [0.1, 0.15) is 25.3 Å². The minimum Gasteiger partial charge on any atom is -0.302 e. The van der Waals surface area contributed by atoms with Crippen LogP contribution in [0.15, 0.2) is 26.0 Å². The van der Waals surface area contributed by atoms with E-state index in [2.05, 4.69) is 48.4 Å². The first kappa shape index (κ1) is 17.4. The van der Waals surface area contributed by atoms with E-state index < -0.39 is 10.0 Å². The number of piperidine rings is 1. The predicted molar refractivity (Wildman–Crippen MR) is 92.0 cm³/mol. The largest absolute Gasteiger partial charge is 0.302 e. The lowest BCUT2D eigenvalue weighted by Gasteiger charge is -2.32. The Hall–Kier alpha value is 0.0500. The third kappa shape index (κ3) is 4.28. The predicted octanol–water partition coefficient (Wildman–Crippen LogP) is 3.28. The smallest absolute Gasteiger partial charge is 0.242 e. The summed E-state index contributed by atoms with van der Waals surface area (Å²) in [4.78, 5) is 2.56. The first-order valence-corrected chi connectivity index (χ1v) is 10.1. The quantitative estimate of drug-likeness (QED) is 0.782. The standard InChI is InChI=1S/C14H20Br2N2O2S/c1-3-18-6-4-5-11(9-18)17-21(19,20)14-8-12(15)10(2)7-13(14)16/h7-8,11,17H,3-6,9H2,1-2H3. The summed E-state index contributed by atoms with van der Waals surface area (Å²) in [6.45, 7) is 6.82. The summed E-state index contributed by atoms with van der Waals surface area (Å²) < 4.78 is 29.4. The summed E-state index contributed by atoms with van der Waals surface area (Å²) in [5.74, 6) is 0. The molecule has 0 amide bonds. The van der Waals surface area contributed by atoms with Crippen molar-refractivity contribution in [1.82, 2.24) is 9.62 Å². The van der Waals surface area contributed by atoms with Crippen molar-refractivity contribution in [3.8, 4) is 0 Å². The molecule has 2 rings (SSSR count). The summed E-state index contributed by atoms with van der Waals surface area (Å²) in [5, 5.41) is 0. The molecule has 0 aromatic heterocycles. The van der Waals surface area contributed by atoms with Crippen LogP contribution in [0.3, 0.4) is 0 Å². The molecular formula is C14H20Br2N2O2S. The Kier molecular flexibility index (Phi) is 5.87. The molecule has 0 aliphatic carbocycles. The molecule has 1 fully saturated rings. The number of hydrogen-bond donors (Lipinski definition) is 1. The number of nitrogens with zero attached hydrogens (tertiary/aromatic N) is 1. The zero-order valence-corrected chi connectivity index (χ0v) is 16.2. The number of rotatable bonds is 4. The molecule has 1 aliphatic rings. The molecule has 1 N–H and O–H groups in total. The van der Waals surface area contributed by atoms with E-state index in [-0.39, 0.29) is 10.9 Å². The topological polar surface area (TPSA) is 49.4 Å². The van der Waals surface area contributed by atoms with Gasteiger partial charge in [-0.3, -0.25) is 0 Å². The highest BCUT2D eigenvalue weighted by molar-refractivity contribution is 9.11. The maximum absolute atomic E-state index is 12.6. The highest BCUT2D eigenvalue weighted by atomic mass is 79.9. The molecule has 118 valence electrons. The molecule has 0 radical (unpaired) electrons. The Morgan fingerprint density at radius 2 is 2.05 bits per heavy atom. The summed E-state index contributed by atoms with van der Waals surface area (Å²) in [6.07, 6.45) is 1.92. The monoisotopic (exact) mass is 438 g/mol. The van der Waals surface area contributed by atoms with Crippen LogP contribution in [0.2, 0.25) is 0 Å². The van der Waals surface area contributed by atoms with Gasteiger partial charge in [-0.2, -0.15) is 0 Å². The first-order valence-electron chi connectivity index (χ1n) is 7.04. The van der Waals surface area contributed by atoms with Crippen molar-refractivity contribution in [3.05, 3.63) is 26.6 Å². The highest BCUT2D eigenvalue weighted by Crippen LogP contribution is 2.29. The minimum absolute atomic E-state index is 0.0179. The summed E-state index contributed by atoms with van der Waals surface area (Å²) in [6, 6.07) is 3.45. The van der Waals surface area contributed by atoms with E-state index in [1.54, 1.807) is 6.07 Å². The van der Waals surface area contributed by atoms with Gasteiger partial charge in [-0.15, -0.1) is 0 Å². The maximum Gasteiger partial charge on any atom is 0.242 e. The average Bonchev–Trinajstić information content (AvgIpc) is 2.42. The highest BCUT2D eigenvalue weighted by Gasteiger charge is 2.26. The first-order chi connectivity index (χ1) is 9.83. The van der Waals surface area contributed by atoms with Crippen LogP contribution in [0.4, 0.5) is 0 Å². The fourth-order valence-corrected chi connectivity index (χ4v) is 5.49. The van der Waals surface area contributed by atoms with Crippen molar-refractivity contribution in [2.24, 2.45) is 0 Å². The number of halogens is 2. The van der Waals surface area contributed by atoms with E-state index in [1.807, 2.05) is 13.0 Å². The number of likely N-dealkylation sites (N-methyl/N-ethyl adjacent to an activating group) is 1. The lowest BCUT2D eigenvalue weighted by Crippen LogP contribution is -2.47. The molecule has 7 heteroatoms. The van der Waals surface area contributed by atoms with Crippen molar-refractivity contribution < 1.29 is 8.42 Å². The molecule has 0 spiro atoms. The number of aryl methyl sites for hydroxylation is 1. The molecule has 1 aliphatic heterocycles. The normalized spacial score (nSPS) is 20.7. The van der Waals surface area contributed by atoms with Crippen LogP contribution >= 0.6 is 31.9 Å². The molecule has 1 unspecified atom stereocenters. The van der Waals surface area contributed by atoms with Gasteiger partial charge in [-0.1, -0.05) is 22.9 Å². The molecule has 1 aromatic rings. The Morgan fingerprint density at radius 3 is 2.71 bits per heavy atom. The minimum atomic E-state index is -3.52. The molecule has 4 nitrogen and oxygen atoms in total. The average molecular weight is 440 g/mol. The number of hydrogen-bond acceptors (Lipinski definition) is 3. The van der Waals surface area contributed by atoms with Gasteiger partial charge in [0.15, 0.2) is 0 Å². The second kappa shape index (κ2) is 7.08. The van der Waals surface area contributed by atoms with Crippen molar-refractivity contribution in [1.29, 1.82) is 0 Å². The van der Waals surface area contributed by atoms with Gasteiger partial charge < -0.3 is 4.90 Å². The van der Waals surface area contributed by atoms with Gasteiger partial charge in [0, 0.05) is 21.5 Å². The van der Waals surface area contributed by atoms with Crippen LogP contribution < -0.4 is 4.72 Å². The molecular weight excluding hydrogens is 420 g/mol. The molecule has 1 saturated heterocycles. The zero-order chi connectivity index (χ0) is 15.6. The van der Waals surface area contributed by atoms with Crippen LogP contribution in [0, 0.1) is 6.92 Å². The summed E-state index contributed by atoms with van der Waals surface area (Å²) in [7, 11) is -3.52. The van der Waals surface area contributed by atoms with Crippen molar-refractivity contribution in [2.45, 2.75) is 37.6 Å². The van der Waals surface area contributed by atoms with E-state index in [0.717, 1.165) is 42.5 Å². The van der Waals surface area contributed by atoms with Crippen LogP contribution in [-0.4, -0.2) is 39.0 Å². The Labute approximate surface area is 143 Å². The van der Waals surface area contributed by atoms with Crippen LogP contribution in [0.5, 0.6) is 0 Å². The molecule has 1 atom stereocenters. The van der Waals surface area contributed by atoms with E-state index in [1.165, 1.54) is 0 Å². The SMILES string of the molecule is CCN1CCCC(NS(=O)(=O)c2cc(Br)c(C)cc2Br)C1. The van der Waals surface area contributed by atoms with E-state index in [0.29, 0.717) is 4.47 Å². The molecule has 0 bridgehead atoms.